The monoisotopic (exact) mass is 275 g/mol. The average Bonchev–Trinajstić information content (AvgIpc) is 2.81. The van der Waals surface area contributed by atoms with Crippen molar-refractivity contribution in [3.05, 3.63) is 16.1 Å². The van der Waals surface area contributed by atoms with Gasteiger partial charge in [0.1, 0.15) is 0 Å². The van der Waals surface area contributed by atoms with Gasteiger partial charge in [-0.3, -0.25) is 4.79 Å². The molecule has 0 aliphatic carbocycles. The zero-order chi connectivity index (χ0) is 12.5. The molecule has 1 aromatic heterocycles. The fraction of sp³-hybridized carbons (Fsp3) is 0.600. The lowest BCUT2D eigenvalue weighted by Crippen LogP contribution is -2.03. The molecule has 1 aliphatic rings. The zero-order valence-electron chi connectivity index (χ0n) is 9.13. The summed E-state index contributed by atoms with van der Waals surface area (Å²) in [6.45, 7) is 0. The summed E-state index contributed by atoms with van der Waals surface area (Å²) in [7, 11) is -2.89. The predicted octanol–water partition coefficient (Wildman–Crippen LogP) is 1.06. The summed E-state index contributed by atoms with van der Waals surface area (Å²) in [5, 5.41) is 9.39. The van der Waals surface area contributed by atoms with Crippen LogP contribution in [0.2, 0.25) is 0 Å². The number of aliphatic carboxylic acids is 1. The summed E-state index contributed by atoms with van der Waals surface area (Å²) < 4.78 is 22.7. The average molecular weight is 275 g/mol. The summed E-state index contributed by atoms with van der Waals surface area (Å²) in [6, 6.07) is 0. The highest BCUT2D eigenvalue weighted by atomic mass is 32.2. The molecular weight excluding hydrogens is 262 g/mol. The topological polar surface area (TPSA) is 84.3 Å². The molecule has 1 aromatic rings. The highest BCUT2D eigenvalue weighted by Crippen LogP contribution is 2.31. The number of aromatic nitrogens is 1. The van der Waals surface area contributed by atoms with E-state index < -0.39 is 15.8 Å². The molecule has 7 heteroatoms. The van der Waals surface area contributed by atoms with Crippen molar-refractivity contribution in [2.24, 2.45) is 0 Å². The molecule has 0 radical (unpaired) electrons. The highest BCUT2D eigenvalue weighted by Gasteiger charge is 2.30. The lowest BCUT2D eigenvalue weighted by atomic mass is 10.1. The summed E-state index contributed by atoms with van der Waals surface area (Å²) in [5.74, 6) is -0.410. The molecular formula is C10H13NO4S2. The summed E-state index contributed by atoms with van der Waals surface area (Å²) >= 11 is 1.43. The minimum absolute atomic E-state index is 0.00331. The number of carbonyl (C=O) groups is 1. The number of thiazole rings is 1. The van der Waals surface area contributed by atoms with Crippen molar-refractivity contribution in [3.8, 4) is 0 Å². The van der Waals surface area contributed by atoms with E-state index >= 15 is 0 Å². The van der Waals surface area contributed by atoms with Gasteiger partial charge in [0, 0.05) is 17.0 Å². The van der Waals surface area contributed by atoms with Gasteiger partial charge in [-0.1, -0.05) is 0 Å². The van der Waals surface area contributed by atoms with Crippen LogP contribution in [-0.4, -0.2) is 36.0 Å². The van der Waals surface area contributed by atoms with E-state index in [2.05, 4.69) is 4.98 Å². The van der Waals surface area contributed by atoms with Gasteiger partial charge in [-0.2, -0.15) is 0 Å². The van der Waals surface area contributed by atoms with Crippen molar-refractivity contribution >= 4 is 27.1 Å². The molecule has 1 unspecified atom stereocenters. The summed E-state index contributed by atoms with van der Waals surface area (Å²) in [4.78, 5) is 15.5. The van der Waals surface area contributed by atoms with Gasteiger partial charge in [0.2, 0.25) is 0 Å². The third-order valence-corrected chi connectivity index (χ3v) is 5.73. The fourth-order valence-corrected chi connectivity index (χ4v) is 4.75. The van der Waals surface area contributed by atoms with E-state index in [0.29, 0.717) is 12.8 Å². The Morgan fingerprint density at radius 2 is 2.35 bits per heavy atom. The Kier molecular flexibility index (Phi) is 3.48. The second-order valence-electron chi connectivity index (χ2n) is 4.16. The molecule has 0 saturated carbocycles. The molecule has 1 saturated heterocycles. The first kappa shape index (κ1) is 12.5. The zero-order valence-corrected chi connectivity index (χ0v) is 10.8. The number of sulfone groups is 1. The molecule has 0 aromatic carbocycles. The van der Waals surface area contributed by atoms with Gasteiger partial charge in [-0.25, -0.2) is 13.4 Å². The molecule has 94 valence electrons. The third-order valence-electron chi connectivity index (χ3n) is 2.74. The van der Waals surface area contributed by atoms with Crippen molar-refractivity contribution in [2.45, 2.75) is 25.2 Å². The number of hydrogen-bond acceptors (Lipinski definition) is 5. The Hall–Kier alpha value is -0.950. The Morgan fingerprint density at radius 3 is 2.94 bits per heavy atom. The van der Waals surface area contributed by atoms with E-state index in [1.54, 1.807) is 6.20 Å². The second kappa shape index (κ2) is 4.73. The van der Waals surface area contributed by atoms with Crippen molar-refractivity contribution in [1.29, 1.82) is 0 Å². The maximum atomic E-state index is 11.3. The van der Waals surface area contributed by atoms with E-state index in [1.807, 2.05) is 0 Å². The number of carboxylic acid groups (broad SMARTS) is 1. The molecule has 5 nitrogen and oxygen atoms in total. The van der Waals surface area contributed by atoms with Gasteiger partial charge in [-0.15, -0.1) is 11.3 Å². The summed E-state index contributed by atoms with van der Waals surface area (Å²) in [6.07, 6.45) is 2.85. The Balaban J connectivity index is 2.01. The van der Waals surface area contributed by atoms with Crippen molar-refractivity contribution in [1.82, 2.24) is 4.98 Å². The molecule has 1 N–H and O–H groups in total. The molecule has 17 heavy (non-hydrogen) atoms. The molecule has 0 spiro atoms. The Bertz CT molecular complexity index is 520. The van der Waals surface area contributed by atoms with Crippen LogP contribution in [0, 0.1) is 0 Å². The molecule has 1 fully saturated rings. The third kappa shape index (κ3) is 3.26. The Labute approximate surface area is 103 Å². The van der Waals surface area contributed by atoms with Gasteiger partial charge >= 0.3 is 5.97 Å². The fourth-order valence-electron chi connectivity index (χ4n) is 1.85. The van der Waals surface area contributed by atoms with Crippen molar-refractivity contribution in [2.75, 3.05) is 11.5 Å². The number of carboxylic acids is 1. The van der Waals surface area contributed by atoms with Gasteiger partial charge in [0.05, 0.1) is 22.9 Å². The maximum absolute atomic E-state index is 11.3. The molecule has 2 rings (SSSR count). The molecule has 0 amide bonds. The first-order valence-corrected chi connectivity index (χ1v) is 7.97. The normalized spacial score (nSPS) is 22.7. The maximum Gasteiger partial charge on any atom is 0.303 e. The van der Waals surface area contributed by atoms with E-state index in [0.717, 1.165) is 9.88 Å². The minimum Gasteiger partial charge on any atom is -0.481 e. The number of aryl methyl sites for hydroxylation is 1. The lowest BCUT2D eigenvalue weighted by Gasteiger charge is -2.00. The van der Waals surface area contributed by atoms with Crippen LogP contribution in [0.3, 0.4) is 0 Å². The van der Waals surface area contributed by atoms with Crippen LogP contribution < -0.4 is 0 Å². The predicted molar refractivity (Wildman–Crippen MR) is 64.1 cm³/mol. The van der Waals surface area contributed by atoms with E-state index in [-0.39, 0.29) is 23.8 Å². The van der Waals surface area contributed by atoms with Gasteiger partial charge in [0.15, 0.2) is 9.84 Å². The van der Waals surface area contributed by atoms with Crippen LogP contribution in [0.4, 0.5) is 0 Å². The van der Waals surface area contributed by atoms with Gasteiger partial charge in [0.25, 0.3) is 0 Å². The van der Waals surface area contributed by atoms with Crippen LogP contribution in [-0.2, 0) is 21.1 Å². The minimum atomic E-state index is -2.89. The van der Waals surface area contributed by atoms with E-state index in [1.165, 1.54) is 11.3 Å². The quantitative estimate of drug-likeness (QED) is 0.888. The number of nitrogens with zero attached hydrogens (tertiary/aromatic N) is 1. The first-order valence-electron chi connectivity index (χ1n) is 5.33. The Morgan fingerprint density at radius 1 is 1.59 bits per heavy atom. The SMILES string of the molecule is O=C(O)CCc1cnc(C2CCS(=O)(=O)C2)s1. The van der Waals surface area contributed by atoms with Crippen LogP contribution in [0.1, 0.15) is 28.6 Å². The number of hydrogen-bond donors (Lipinski definition) is 1. The summed E-state index contributed by atoms with van der Waals surface area (Å²) in [5.41, 5.74) is 0. The number of rotatable bonds is 4. The van der Waals surface area contributed by atoms with Crippen LogP contribution in [0.25, 0.3) is 0 Å². The van der Waals surface area contributed by atoms with Crippen molar-refractivity contribution in [3.63, 3.8) is 0 Å². The standard InChI is InChI=1S/C10H13NO4S2/c12-9(13)2-1-8-5-11-10(16-8)7-3-4-17(14,15)6-7/h5,7H,1-4,6H2,(H,12,13). The first-order chi connectivity index (χ1) is 7.96. The highest BCUT2D eigenvalue weighted by molar-refractivity contribution is 7.91. The van der Waals surface area contributed by atoms with E-state index in [9.17, 15) is 13.2 Å². The molecule has 1 atom stereocenters. The van der Waals surface area contributed by atoms with Crippen LogP contribution in [0.5, 0.6) is 0 Å². The van der Waals surface area contributed by atoms with Gasteiger partial charge in [-0.05, 0) is 12.8 Å². The van der Waals surface area contributed by atoms with Crippen LogP contribution >= 0.6 is 11.3 Å². The lowest BCUT2D eigenvalue weighted by molar-refractivity contribution is -0.136. The van der Waals surface area contributed by atoms with Crippen LogP contribution in [0.15, 0.2) is 6.20 Å². The smallest absolute Gasteiger partial charge is 0.303 e. The van der Waals surface area contributed by atoms with Crippen molar-refractivity contribution < 1.29 is 18.3 Å². The molecule has 2 heterocycles. The van der Waals surface area contributed by atoms with Gasteiger partial charge < -0.3 is 5.11 Å². The van der Waals surface area contributed by atoms with E-state index in [4.69, 9.17) is 5.11 Å². The largest absolute Gasteiger partial charge is 0.481 e. The molecule has 0 bridgehead atoms. The molecule has 1 aliphatic heterocycles. The second-order valence-corrected chi connectivity index (χ2v) is 7.53.